The van der Waals surface area contributed by atoms with Crippen molar-refractivity contribution in [2.24, 2.45) is 0 Å². The molecule has 0 bridgehead atoms. The Hall–Kier alpha value is 0.170. The first kappa shape index (κ1) is 23.8. The predicted octanol–water partition coefficient (Wildman–Crippen LogP) is 9.91. The van der Waals surface area contributed by atoms with Gasteiger partial charge in [0.05, 0.1) is 13.4 Å². The molecule has 0 heterocycles. The molecule has 4 nitrogen and oxygen atoms in total. The van der Waals surface area contributed by atoms with E-state index in [2.05, 4.69) is 95.6 Å². The molecule has 0 aromatic heterocycles. The van der Waals surface area contributed by atoms with E-state index in [1.165, 1.54) is 0 Å². The summed E-state index contributed by atoms with van der Waals surface area (Å²) in [6.07, 6.45) is 0. The van der Waals surface area contributed by atoms with E-state index in [-0.39, 0.29) is 0 Å². The minimum absolute atomic E-state index is 0.292. The van der Waals surface area contributed by atoms with Gasteiger partial charge in [-0.2, -0.15) is 4.57 Å². The summed E-state index contributed by atoms with van der Waals surface area (Å²) < 4.78 is 35.1. The van der Waals surface area contributed by atoms with Crippen LogP contribution in [0.15, 0.2) is 81.4 Å². The summed E-state index contributed by atoms with van der Waals surface area (Å²) in [5, 5.41) is 0. The summed E-state index contributed by atoms with van der Waals surface area (Å²) >= 11 is 20.3. The number of hydrogen-bond donors (Lipinski definition) is 0. The van der Waals surface area contributed by atoms with Crippen molar-refractivity contribution >= 4 is 103 Å². The first-order chi connectivity index (χ1) is 13.6. The highest BCUT2D eigenvalue weighted by Gasteiger charge is 2.35. The van der Waals surface area contributed by atoms with Gasteiger partial charge in [-0.3, -0.25) is 0 Å². The molecule has 0 radical (unpaired) electrons. The van der Waals surface area contributed by atoms with Crippen LogP contribution in [-0.2, 0) is 4.57 Å². The van der Waals surface area contributed by atoms with Gasteiger partial charge >= 0.3 is 7.82 Å². The topological polar surface area (TPSA) is 44.8 Å². The number of halogens is 6. The normalized spacial score (nSPS) is 11.2. The van der Waals surface area contributed by atoms with Gasteiger partial charge in [-0.15, -0.1) is 0 Å². The molecule has 0 saturated heterocycles. The third kappa shape index (κ3) is 6.57. The second-order valence-electron chi connectivity index (χ2n) is 5.45. The molecule has 152 valence electrons. The first-order valence-electron chi connectivity index (χ1n) is 7.69. The molecule has 3 aromatic carbocycles. The van der Waals surface area contributed by atoms with E-state index in [4.69, 9.17) is 13.6 Å². The standard InChI is InChI=1S/C18H9Br6O4P/c19-10-1-4-13(22)16(7-10)26-29(25,27-17-8-11(20)2-5-14(17)23)28-18-9-12(21)3-6-15(18)24/h1-9H. The summed E-state index contributed by atoms with van der Waals surface area (Å²) in [5.74, 6) is 0.875. The van der Waals surface area contributed by atoms with Gasteiger partial charge in [0.1, 0.15) is 17.2 Å². The van der Waals surface area contributed by atoms with E-state index in [0.717, 1.165) is 13.4 Å². The second kappa shape index (κ2) is 10.2. The smallest absolute Gasteiger partial charge is 0.385 e. The number of phosphoric ester groups is 1. The lowest BCUT2D eigenvalue weighted by Crippen LogP contribution is -2.08. The van der Waals surface area contributed by atoms with Crippen LogP contribution in [-0.4, -0.2) is 0 Å². The molecule has 0 spiro atoms. The zero-order valence-corrected chi connectivity index (χ0v) is 24.5. The van der Waals surface area contributed by atoms with Crippen LogP contribution in [0.3, 0.4) is 0 Å². The molecule has 0 fully saturated rings. The van der Waals surface area contributed by atoms with E-state index >= 15 is 0 Å². The van der Waals surface area contributed by atoms with Crippen LogP contribution >= 0.6 is 103 Å². The average molecular weight is 800 g/mol. The molecule has 0 aliphatic rings. The molecular weight excluding hydrogens is 791 g/mol. The molecule has 0 amide bonds. The highest BCUT2D eigenvalue weighted by Crippen LogP contribution is 2.54. The lowest BCUT2D eigenvalue weighted by Gasteiger charge is -2.21. The quantitative estimate of drug-likeness (QED) is 0.233. The van der Waals surface area contributed by atoms with Crippen molar-refractivity contribution in [3.63, 3.8) is 0 Å². The maximum absolute atomic E-state index is 13.7. The Morgan fingerprint density at radius 2 is 0.793 bits per heavy atom. The van der Waals surface area contributed by atoms with E-state index in [0.29, 0.717) is 30.7 Å². The maximum atomic E-state index is 13.7. The lowest BCUT2D eigenvalue weighted by atomic mass is 10.3. The fourth-order valence-corrected chi connectivity index (χ4v) is 5.72. The van der Waals surface area contributed by atoms with Crippen molar-refractivity contribution in [3.05, 3.63) is 81.4 Å². The van der Waals surface area contributed by atoms with Crippen molar-refractivity contribution < 1.29 is 18.1 Å². The van der Waals surface area contributed by atoms with Crippen LogP contribution in [0.4, 0.5) is 0 Å². The number of hydrogen-bond acceptors (Lipinski definition) is 4. The van der Waals surface area contributed by atoms with Gasteiger partial charge in [-0.1, -0.05) is 47.8 Å². The summed E-state index contributed by atoms with van der Waals surface area (Å²) in [7, 11) is -4.18. The molecule has 3 aromatic rings. The molecule has 0 atom stereocenters. The van der Waals surface area contributed by atoms with Gasteiger partial charge in [-0.25, -0.2) is 0 Å². The SMILES string of the molecule is O=P(Oc1cc(Br)ccc1Br)(Oc1cc(Br)ccc1Br)Oc1cc(Br)ccc1Br. The lowest BCUT2D eigenvalue weighted by molar-refractivity contribution is 0.296. The summed E-state index contributed by atoms with van der Waals surface area (Å²) in [6.45, 7) is 0. The minimum atomic E-state index is -4.18. The van der Waals surface area contributed by atoms with E-state index in [1.807, 2.05) is 18.2 Å². The Morgan fingerprint density at radius 1 is 0.517 bits per heavy atom. The molecule has 29 heavy (non-hydrogen) atoms. The van der Waals surface area contributed by atoms with Crippen molar-refractivity contribution in [2.45, 2.75) is 0 Å². The Bertz CT molecular complexity index is 971. The first-order valence-corrected chi connectivity index (χ1v) is 13.9. The zero-order chi connectivity index (χ0) is 21.2. The molecule has 11 heteroatoms. The van der Waals surface area contributed by atoms with Crippen LogP contribution in [0.5, 0.6) is 17.2 Å². The Balaban J connectivity index is 2.04. The highest BCUT2D eigenvalue weighted by molar-refractivity contribution is 9.11. The predicted molar refractivity (Wildman–Crippen MR) is 135 cm³/mol. The number of phosphoric acid groups is 1. The zero-order valence-electron chi connectivity index (χ0n) is 14.0. The third-order valence-corrected chi connectivity index (χ3v) is 8.02. The fraction of sp³-hybridized carbons (Fsp3) is 0. The monoisotopic (exact) mass is 794 g/mol. The van der Waals surface area contributed by atoms with E-state index in [9.17, 15) is 4.57 Å². The van der Waals surface area contributed by atoms with Crippen LogP contribution in [0.1, 0.15) is 0 Å². The van der Waals surface area contributed by atoms with Crippen molar-refractivity contribution in [1.29, 1.82) is 0 Å². The largest absolute Gasteiger partial charge is 0.647 e. The molecule has 3 rings (SSSR count). The van der Waals surface area contributed by atoms with Gasteiger partial charge in [0, 0.05) is 13.4 Å². The second-order valence-corrected chi connectivity index (χ2v) is 12.2. The maximum Gasteiger partial charge on any atom is 0.647 e. The third-order valence-electron chi connectivity index (χ3n) is 3.31. The number of rotatable bonds is 6. The Kier molecular flexibility index (Phi) is 8.37. The van der Waals surface area contributed by atoms with E-state index in [1.54, 1.807) is 36.4 Å². The molecule has 0 N–H and O–H groups in total. The Morgan fingerprint density at radius 3 is 1.07 bits per heavy atom. The molecule has 0 aliphatic heterocycles. The van der Waals surface area contributed by atoms with Crippen LogP contribution < -0.4 is 13.6 Å². The molecule has 0 unspecified atom stereocenters. The summed E-state index contributed by atoms with van der Waals surface area (Å²) in [6, 6.07) is 15.7. The van der Waals surface area contributed by atoms with Crippen LogP contribution in [0.2, 0.25) is 0 Å². The van der Waals surface area contributed by atoms with Gasteiger partial charge in [0.2, 0.25) is 0 Å². The molecule has 0 aliphatic carbocycles. The van der Waals surface area contributed by atoms with Gasteiger partial charge in [0.25, 0.3) is 0 Å². The Labute approximate surface area is 218 Å². The van der Waals surface area contributed by atoms with Gasteiger partial charge in [0.15, 0.2) is 0 Å². The highest BCUT2D eigenvalue weighted by atomic mass is 79.9. The van der Waals surface area contributed by atoms with Gasteiger partial charge in [-0.05, 0) is 102 Å². The average Bonchev–Trinajstić information content (AvgIpc) is 2.64. The number of benzene rings is 3. The van der Waals surface area contributed by atoms with E-state index < -0.39 is 7.82 Å². The van der Waals surface area contributed by atoms with Crippen molar-refractivity contribution in [2.75, 3.05) is 0 Å². The van der Waals surface area contributed by atoms with Crippen LogP contribution in [0, 0.1) is 0 Å². The molecular formula is C18H9Br6O4P. The minimum Gasteiger partial charge on any atom is -0.385 e. The van der Waals surface area contributed by atoms with Crippen LogP contribution in [0.25, 0.3) is 0 Å². The molecule has 0 saturated carbocycles. The summed E-state index contributed by atoms with van der Waals surface area (Å²) in [5.41, 5.74) is 0. The fourth-order valence-electron chi connectivity index (χ4n) is 2.06. The van der Waals surface area contributed by atoms with Crippen molar-refractivity contribution in [3.8, 4) is 17.2 Å². The van der Waals surface area contributed by atoms with Crippen molar-refractivity contribution in [1.82, 2.24) is 0 Å². The van der Waals surface area contributed by atoms with Gasteiger partial charge < -0.3 is 13.6 Å². The summed E-state index contributed by atoms with van der Waals surface area (Å²) in [4.78, 5) is 0.